The number of sulfonamides is 1. The number of benzene rings is 3. The summed E-state index contributed by atoms with van der Waals surface area (Å²) in [6, 6.07) is 15.3. The molecule has 6 aliphatic rings. The minimum atomic E-state index is -4.00. The van der Waals surface area contributed by atoms with Crippen molar-refractivity contribution < 1.29 is 36.9 Å². The number of ether oxygens (including phenoxy) is 1. The van der Waals surface area contributed by atoms with E-state index < -0.39 is 39.7 Å². The summed E-state index contributed by atoms with van der Waals surface area (Å²) in [5.41, 5.74) is 4.83. The number of hydrogen-bond donors (Lipinski definition) is 2. The molecule has 66 heavy (non-hydrogen) atoms. The zero-order valence-corrected chi connectivity index (χ0v) is 37.4. The summed E-state index contributed by atoms with van der Waals surface area (Å²) in [4.78, 5) is 61.6. The van der Waals surface area contributed by atoms with Crippen molar-refractivity contribution in [3.63, 3.8) is 0 Å². The number of hydrogen-bond acceptors (Lipinski definition) is 14. The average molecular weight is 917 g/mol. The van der Waals surface area contributed by atoms with E-state index in [4.69, 9.17) is 9.26 Å². The molecule has 2 N–H and O–H groups in total. The zero-order chi connectivity index (χ0) is 45.1. The normalized spacial score (nSPS) is 22.0. The number of aromatic nitrogens is 3. The second kappa shape index (κ2) is 17.2. The fraction of sp³-hybridized carbons (Fsp3) is 0.447. The van der Waals surface area contributed by atoms with Gasteiger partial charge in [-0.1, -0.05) is 11.2 Å². The molecule has 0 radical (unpaired) electrons. The standard InChI is InChI=1S/C47H52N10O8S/c58-41-8-7-39(45(59)49-41)57-46(60)37-6-5-34(25-38(37)47(57)61)55-17-11-31(28-55)27-52-15-9-30(10-16-52)26-53-18-20-54(21-19-53)33-3-1-4-35(24-33)66(62,63)51-44-42-40(65-50-44)23-32(29-56-14-2-13-48-56)36-12-22-64-43(36)42/h1-6,13-14,23-25,30-31,39H,7-12,15-22,26-29H2,(H,50,51)(H,49,58,59). The molecule has 0 saturated carbocycles. The Kier molecular flexibility index (Phi) is 11.0. The van der Waals surface area contributed by atoms with Crippen LogP contribution in [-0.4, -0.2) is 140 Å². The predicted octanol–water partition coefficient (Wildman–Crippen LogP) is 3.57. The molecule has 344 valence electrons. The summed E-state index contributed by atoms with van der Waals surface area (Å²) in [5, 5.41) is 11.2. The van der Waals surface area contributed by atoms with Crippen molar-refractivity contribution in [3.8, 4) is 5.75 Å². The molecule has 2 unspecified atom stereocenters. The lowest BCUT2D eigenvalue weighted by molar-refractivity contribution is -0.136. The number of nitrogens with zero attached hydrogens (tertiary/aromatic N) is 8. The van der Waals surface area contributed by atoms with Crippen molar-refractivity contribution in [2.24, 2.45) is 11.8 Å². The molecule has 4 saturated heterocycles. The summed E-state index contributed by atoms with van der Waals surface area (Å²) in [5.74, 6) is -0.129. The van der Waals surface area contributed by atoms with Gasteiger partial charge in [-0.05, 0) is 105 Å². The van der Waals surface area contributed by atoms with Crippen molar-refractivity contribution in [2.75, 3.05) is 86.6 Å². The third-order valence-corrected chi connectivity index (χ3v) is 15.6. The summed E-state index contributed by atoms with van der Waals surface area (Å²) in [7, 11) is -4.00. The van der Waals surface area contributed by atoms with Gasteiger partial charge in [-0.2, -0.15) is 5.10 Å². The first-order chi connectivity index (χ1) is 32.0. The Bertz CT molecular complexity index is 2830. The second-order valence-electron chi connectivity index (χ2n) is 18.5. The van der Waals surface area contributed by atoms with Gasteiger partial charge in [0.15, 0.2) is 11.4 Å². The maximum atomic E-state index is 13.8. The highest BCUT2D eigenvalue weighted by atomic mass is 32.2. The lowest BCUT2D eigenvalue weighted by atomic mass is 9.95. The van der Waals surface area contributed by atoms with Crippen molar-refractivity contribution >= 4 is 61.8 Å². The Morgan fingerprint density at radius 1 is 0.773 bits per heavy atom. The molecule has 6 aliphatic heterocycles. The molecule has 2 aromatic heterocycles. The van der Waals surface area contributed by atoms with E-state index in [2.05, 4.69) is 39.9 Å². The maximum Gasteiger partial charge on any atom is 0.263 e. The van der Waals surface area contributed by atoms with Gasteiger partial charge in [-0.3, -0.25) is 43.7 Å². The molecule has 8 heterocycles. The van der Waals surface area contributed by atoms with Crippen LogP contribution in [0.25, 0.3) is 11.0 Å². The highest BCUT2D eigenvalue weighted by Gasteiger charge is 2.45. The number of piperazine rings is 1. The number of imide groups is 2. The summed E-state index contributed by atoms with van der Waals surface area (Å²) >= 11 is 0. The number of rotatable bonds is 12. The number of piperidine rings is 2. The van der Waals surface area contributed by atoms with Gasteiger partial charge in [0.1, 0.15) is 17.2 Å². The molecule has 0 bridgehead atoms. The largest absolute Gasteiger partial charge is 0.492 e. The quantitative estimate of drug-likeness (QED) is 0.173. The van der Waals surface area contributed by atoms with E-state index in [1.807, 2.05) is 35.1 Å². The first-order valence-corrected chi connectivity index (χ1v) is 24.5. The molecule has 19 heteroatoms. The van der Waals surface area contributed by atoms with Crippen LogP contribution in [0.5, 0.6) is 5.75 Å². The highest BCUT2D eigenvalue weighted by molar-refractivity contribution is 7.92. The van der Waals surface area contributed by atoms with E-state index in [-0.39, 0.29) is 23.6 Å². The Labute approximate surface area is 381 Å². The molecule has 5 aromatic rings. The first kappa shape index (κ1) is 42.3. The number of likely N-dealkylation sites (tertiary alicyclic amines) is 1. The SMILES string of the molecule is O=C1CCC(N2C(=O)c3ccc(N4CCC(CN5CCC(CN6CCN(c7cccc(S(=O)(=O)Nc8noc9cc(Cn%10cccn%10)c%10c(c89)OCC%10)c7)CC6)CC5)C4)cc3C2=O)C(=O)N1. The topological polar surface area (TPSA) is 196 Å². The Balaban J connectivity index is 0.644. The van der Waals surface area contributed by atoms with Crippen LogP contribution in [0.15, 0.2) is 76.4 Å². The zero-order valence-electron chi connectivity index (χ0n) is 36.6. The van der Waals surface area contributed by atoms with E-state index >= 15 is 0 Å². The Hall–Kier alpha value is -6.31. The van der Waals surface area contributed by atoms with Crippen molar-refractivity contribution in [3.05, 3.63) is 89.2 Å². The average Bonchev–Trinajstić information content (AvgIpc) is 4.19. The second-order valence-corrected chi connectivity index (χ2v) is 20.1. The smallest absolute Gasteiger partial charge is 0.263 e. The van der Waals surface area contributed by atoms with Crippen LogP contribution in [-0.2, 0) is 32.6 Å². The van der Waals surface area contributed by atoms with Crippen molar-refractivity contribution in [1.29, 1.82) is 0 Å². The Morgan fingerprint density at radius 2 is 1.55 bits per heavy atom. The van der Waals surface area contributed by atoms with Gasteiger partial charge in [0, 0.05) is 94.5 Å². The summed E-state index contributed by atoms with van der Waals surface area (Å²) in [6.45, 7) is 10.4. The molecule has 18 nitrogen and oxygen atoms in total. The number of nitrogens with one attached hydrogen (secondary N) is 2. The van der Waals surface area contributed by atoms with Crippen LogP contribution in [0.1, 0.15) is 63.9 Å². The number of carbonyl (C=O) groups excluding carboxylic acids is 4. The van der Waals surface area contributed by atoms with Crippen LogP contribution in [0.3, 0.4) is 0 Å². The number of carbonyl (C=O) groups is 4. The third kappa shape index (κ3) is 8.06. The van der Waals surface area contributed by atoms with Gasteiger partial charge in [0.25, 0.3) is 21.8 Å². The van der Waals surface area contributed by atoms with Gasteiger partial charge in [0.05, 0.1) is 29.2 Å². The molecular weight excluding hydrogens is 865 g/mol. The van der Waals surface area contributed by atoms with Gasteiger partial charge in [0.2, 0.25) is 11.8 Å². The molecule has 0 aliphatic carbocycles. The van der Waals surface area contributed by atoms with Gasteiger partial charge in [-0.15, -0.1) is 0 Å². The van der Waals surface area contributed by atoms with Gasteiger partial charge < -0.3 is 24.0 Å². The molecule has 2 atom stereocenters. The van der Waals surface area contributed by atoms with Crippen molar-refractivity contribution in [2.45, 2.75) is 56.0 Å². The fourth-order valence-electron chi connectivity index (χ4n) is 10.8. The minimum absolute atomic E-state index is 0.0919. The first-order valence-electron chi connectivity index (χ1n) is 23.0. The van der Waals surface area contributed by atoms with Crippen LogP contribution >= 0.6 is 0 Å². The summed E-state index contributed by atoms with van der Waals surface area (Å²) in [6.07, 6.45) is 7.89. The van der Waals surface area contributed by atoms with Crippen LogP contribution in [0, 0.1) is 11.8 Å². The summed E-state index contributed by atoms with van der Waals surface area (Å²) < 4.78 is 43.8. The van der Waals surface area contributed by atoms with E-state index in [1.54, 1.807) is 36.5 Å². The number of anilines is 3. The number of amides is 4. The lowest BCUT2D eigenvalue weighted by Crippen LogP contribution is -2.54. The monoisotopic (exact) mass is 916 g/mol. The van der Waals surface area contributed by atoms with Crippen molar-refractivity contribution in [1.82, 2.24) is 35.0 Å². The van der Waals surface area contributed by atoms with E-state index in [0.717, 1.165) is 112 Å². The minimum Gasteiger partial charge on any atom is -0.492 e. The van der Waals surface area contributed by atoms with Crippen LogP contribution in [0.2, 0.25) is 0 Å². The third-order valence-electron chi connectivity index (χ3n) is 14.3. The molecule has 11 rings (SSSR count). The lowest BCUT2D eigenvalue weighted by Gasteiger charge is -2.40. The van der Waals surface area contributed by atoms with E-state index in [9.17, 15) is 27.6 Å². The predicted molar refractivity (Wildman–Crippen MR) is 243 cm³/mol. The van der Waals surface area contributed by atoms with E-state index in [0.29, 0.717) is 59.3 Å². The molecular formula is C47H52N10O8S. The molecule has 4 fully saturated rings. The van der Waals surface area contributed by atoms with E-state index in [1.165, 1.54) is 0 Å². The molecule has 3 aromatic carbocycles. The molecule has 4 amide bonds. The Morgan fingerprint density at radius 3 is 2.35 bits per heavy atom. The molecule has 0 spiro atoms. The fourth-order valence-corrected chi connectivity index (χ4v) is 11.9. The van der Waals surface area contributed by atoms with Gasteiger partial charge in [-0.25, -0.2) is 8.42 Å². The van der Waals surface area contributed by atoms with Crippen LogP contribution in [0.4, 0.5) is 17.2 Å². The highest BCUT2D eigenvalue weighted by Crippen LogP contribution is 2.42. The number of fused-ring (bicyclic) bond motifs is 4. The van der Waals surface area contributed by atoms with Gasteiger partial charge >= 0.3 is 0 Å². The maximum absolute atomic E-state index is 13.8. The van der Waals surface area contributed by atoms with Crippen LogP contribution < -0.4 is 24.6 Å².